The maximum Gasteiger partial charge on any atom is 0.413 e. The average Bonchev–Trinajstić information content (AvgIpc) is 2.96. The van der Waals surface area contributed by atoms with Crippen molar-refractivity contribution in [2.45, 2.75) is 43.9 Å². The summed E-state index contributed by atoms with van der Waals surface area (Å²) in [6.07, 6.45) is -2.86. The minimum Gasteiger partial charge on any atom is -0.381 e. The summed E-state index contributed by atoms with van der Waals surface area (Å²) in [4.78, 5) is 13.4. The molecule has 0 bridgehead atoms. The highest BCUT2D eigenvalue weighted by molar-refractivity contribution is 7.88. The monoisotopic (exact) mass is 509 g/mol. The second-order valence-corrected chi connectivity index (χ2v) is 12.1. The van der Waals surface area contributed by atoms with Gasteiger partial charge in [-0.25, -0.2) is 12.7 Å². The first kappa shape index (κ1) is 25.5. The van der Waals surface area contributed by atoms with Gasteiger partial charge in [-0.05, 0) is 35.2 Å². The zero-order chi connectivity index (χ0) is 25.8. The third kappa shape index (κ3) is 4.91. The summed E-state index contributed by atoms with van der Waals surface area (Å²) in [6, 6.07) is 12.2. The van der Waals surface area contributed by atoms with E-state index >= 15 is 0 Å². The van der Waals surface area contributed by atoms with E-state index in [1.54, 1.807) is 12.1 Å². The van der Waals surface area contributed by atoms with E-state index in [-0.39, 0.29) is 30.1 Å². The van der Waals surface area contributed by atoms with Crippen molar-refractivity contribution in [1.29, 1.82) is 0 Å². The molecule has 1 fully saturated rings. The first-order valence-corrected chi connectivity index (χ1v) is 13.3. The second-order valence-electron chi connectivity index (χ2n) is 10.1. The number of hydrogen-bond acceptors (Lipinski definition) is 4. The molecule has 2 aliphatic rings. The molecule has 6 nitrogen and oxygen atoms in total. The highest BCUT2D eigenvalue weighted by atomic mass is 32.2. The van der Waals surface area contributed by atoms with Crippen molar-refractivity contribution in [2.75, 3.05) is 31.7 Å². The van der Waals surface area contributed by atoms with Crippen LogP contribution in [0.25, 0.3) is 0 Å². The van der Waals surface area contributed by atoms with Gasteiger partial charge in [-0.1, -0.05) is 50.2 Å². The maximum absolute atomic E-state index is 14.0. The molecule has 10 heteroatoms. The largest absolute Gasteiger partial charge is 0.413 e. The number of carbonyl (C=O) groups is 1. The topological polar surface area (TPSA) is 69.7 Å². The highest BCUT2D eigenvalue weighted by Crippen LogP contribution is 2.41. The van der Waals surface area contributed by atoms with Crippen LogP contribution in [0.2, 0.25) is 0 Å². The molecule has 2 aromatic carbocycles. The summed E-state index contributed by atoms with van der Waals surface area (Å²) >= 11 is 0. The highest BCUT2D eigenvalue weighted by Gasteiger charge is 2.48. The van der Waals surface area contributed by atoms with Crippen LogP contribution in [0.3, 0.4) is 0 Å². The van der Waals surface area contributed by atoms with Gasteiger partial charge in [0.15, 0.2) is 6.04 Å². The van der Waals surface area contributed by atoms with Crippen LogP contribution in [-0.4, -0.2) is 62.1 Å². The summed E-state index contributed by atoms with van der Waals surface area (Å²) < 4.78 is 66.3. The second kappa shape index (κ2) is 8.81. The normalized spacial score (nSPS) is 21.2. The number of nitrogens with one attached hydrogen (secondary N) is 1. The predicted molar refractivity (Wildman–Crippen MR) is 128 cm³/mol. The van der Waals surface area contributed by atoms with Crippen molar-refractivity contribution in [3.8, 4) is 0 Å². The summed E-state index contributed by atoms with van der Waals surface area (Å²) in [5.41, 5.74) is 3.04. The number of halogens is 3. The lowest BCUT2D eigenvalue weighted by Gasteiger charge is -2.40. The summed E-state index contributed by atoms with van der Waals surface area (Å²) in [5.74, 6) is -1.51. The van der Waals surface area contributed by atoms with E-state index in [2.05, 4.69) is 31.3 Å². The Morgan fingerprint density at radius 3 is 2.26 bits per heavy atom. The van der Waals surface area contributed by atoms with E-state index in [1.165, 1.54) is 23.3 Å². The summed E-state index contributed by atoms with van der Waals surface area (Å²) in [5, 5.41) is 3.47. The Labute approximate surface area is 204 Å². The quantitative estimate of drug-likeness (QED) is 0.640. The third-order valence-corrected chi connectivity index (χ3v) is 8.52. The Balaban J connectivity index is 1.48. The molecule has 0 spiro atoms. The molecular weight excluding hydrogens is 479 g/mol. The van der Waals surface area contributed by atoms with Crippen molar-refractivity contribution in [2.24, 2.45) is 5.92 Å². The molecule has 1 heterocycles. The van der Waals surface area contributed by atoms with Crippen LogP contribution in [0, 0.1) is 5.92 Å². The fourth-order valence-electron chi connectivity index (χ4n) is 5.10. The molecule has 4 rings (SSSR count). The molecule has 1 aliphatic heterocycles. The van der Waals surface area contributed by atoms with Crippen LogP contribution in [-0.2, 0) is 26.7 Å². The third-order valence-electron chi connectivity index (χ3n) is 7.29. The smallest absolute Gasteiger partial charge is 0.381 e. The molecule has 0 saturated carbocycles. The maximum atomic E-state index is 14.0. The molecule has 1 aliphatic carbocycles. The van der Waals surface area contributed by atoms with Crippen LogP contribution in [0.4, 0.5) is 18.9 Å². The van der Waals surface area contributed by atoms with E-state index in [4.69, 9.17) is 0 Å². The molecular formula is C25H30F3N3O3S. The summed E-state index contributed by atoms with van der Waals surface area (Å²) in [6.45, 7) is 4.09. The van der Waals surface area contributed by atoms with Gasteiger partial charge < -0.3 is 10.2 Å². The summed E-state index contributed by atoms with van der Waals surface area (Å²) in [7, 11) is -2.35. The van der Waals surface area contributed by atoms with Gasteiger partial charge in [0.05, 0.1) is 12.2 Å². The molecule has 1 amide bonds. The molecule has 35 heavy (non-hydrogen) atoms. The van der Waals surface area contributed by atoms with Crippen molar-refractivity contribution < 1.29 is 26.4 Å². The Morgan fingerprint density at radius 2 is 1.71 bits per heavy atom. The lowest BCUT2D eigenvalue weighted by molar-refractivity contribution is -0.191. The lowest BCUT2D eigenvalue weighted by atomic mass is 9.83. The number of nitrogens with zero attached hydrogens (tertiary/aromatic N) is 2. The minimum absolute atomic E-state index is 0.0489. The fourth-order valence-corrected chi connectivity index (χ4v) is 6.00. The SMILES string of the molecule is CN(C(=O)C1CN(S(C)(=O)=O)C1)[C@@H](c1ccc(NC2Cc3ccccc3C2(C)C)cc1)C(F)(F)F. The molecule has 2 aromatic rings. The van der Waals surface area contributed by atoms with Gasteiger partial charge in [-0.2, -0.15) is 13.2 Å². The molecule has 1 saturated heterocycles. The van der Waals surface area contributed by atoms with Gasteiger partial charge in [0.1, 0.15) is 0 Å². The number of benzene rings is 2. The number of alkyl halides is 3. The van der Waals surface area contributed by atoms with Gasteiger partial charge in [0.25, 0.3) is 0 Å². The Kier molecular flexibility index (Phi) is 6.42. The number of anilines is 1. The van der Waals surface area contributed by atoms with Gasteiger partial charge in [-0.15, -0.1) is 0 Å². The van der Waals surface area contributed by atoms with Crippen molar-refractivity contribution in [3.63, 3.8) is 0 Å². The molecule has 1 unspecified atom stereocenters. The number of hydrogen-bond donors (Lipinski definition) is 1. The molecule has 190 valence electrons. The Hall–Kier alpha value is -2.59. The number of fused-ring (bicyclic) bond motifs is 1. The zero-order valence-corrected chi connectivity index (χ0v) is 20.9. The molecule has 0 radical (unpaired) electrons. The van der Waals surface area contributed by atoms with E-state index in [1.807, 2.05) is 12.1 Å². The number of amides is 1. The zero-order valence-electron chi connectivity index (χ0n) is 20.1. The van der Waals surface area contributed by atoms with Gasteiger partial charge in [-0.3, -0.25) is 4.79 Å². The van der Waals surface area contributed by atoms with Crippen molar-refractivity contribution in [1.82, 2.24) is 9.21 Å². The molecule has 0 aromatic heterocycles. The number of rotatable bonds is 6. The number of carbonyl (C=O) groups excluding carboxylic acids is 1. The number of sulfonamides is 1. The van der Waals surface area contributed by atoms with Crippen LogP contribution < -0.4 is 5.32 Å². The van der Waals surface area contributed by atoms with Crippen LogP contribution in [0.1, 0.15) is 36.6 Å². The van der Waals surface area contributed by atoms with Crippen molar-refractivity contribution in [3.05, 3.63) is 65.2 Å². The fraction of sp³-hybridized carbons (Fsp3) is 0.480. The van der Waals surface area contributed by atoms with Crippen LogP contribution in [0.15, 0.2) is 48.5 Å². The van der Waals surface area contributed by atoms with Crippen molar-refractivity contribution >= 4 is 21.6 Å². The van der Waals surface area contributed by atoms with Gasteiger partial charge >= 0.3 is 6.18 Å². The van der Waals surface area contributed by atoms with Crippen LogP contribution in [0.5, 0.6) is 0 Å². The van der Waals surface area contributed by atoms with E-state index in [0.717, 1.165) is 24.0 Å². The Bertz CT molecular complexity index is 1210. The van der Waals surface area contributed by atoms with Crippen LogP contribution >= 0.6 is 0 Å². The Morgan fingerprint density at radius 1 is 1.11 bits per heavy atom. The van der Waals surface area contributed by atoms with Gasteiger partial charge in [0.2, 0.25) is 15.9 Å². The standard InChI is InChI=1S/C25H30F3N3O3S/c1-24(2)20-8-6-5-7-17(20)13-21(24)29-19-11-9-16(10-12-19)22(25(26,27)28)30(3)23(32)18-14-31(15-18)35(4,33)34/h5-12,18,21-22,29H,13-15H2,1-4H3/t21?,22-/m0/s1. The predicted octanol–water partition coefficient (Wildman–Crippen LogP) is 3.95. The van der Waals surface area contributed by atoms with E-state index in [9.17, 15) is 26.4 Å². The average molecular weight is 510 g/mol. The molecule has 2 atom stereocenters. The van der Waals surface area contributed by atoms with E-state index < -0.39 is 34.1 Å². The van der Waals surface area contributed by atoms with Gasteiger partial charge in [0, 0.05) is 37.3 Å². The molecule has 1 N–H and O–H groups in total. The van der Waals surface area contributed by atoms with E-state index in [0.29, 0.717) is 10.6 Å². The first-order valence-electron chi connectivity index (χ1n) is 11.4. The first-order chi connectivity index (χ1) is 16.2. The lowest BCUT2D eigenvalue weighted by Crippen LogP contribution is -2.56. The minimum atomic E-state index is -4.69.